The third-order valence-corrected chi connectivity index (χ3v) is 4.17. The summed E-state index contributed by atoms with van der Waals surface area (Å²) in [6, 6.07) is 7.40. The normalized spacial score (nSPS) is 12.2. The molecule has 82 valence electrons. The zero-order valence-corrected chi connectivity index (χ0v) is 11.5. The van der Waals surface area contributed by atoms with E-state index in [4.69, 9.17) is 4.74 Å². The molecule has 0 radical (unpaired) electrons. The molecule has 0 spiro atoms. The van der Waals surface area contributed by atoms with Gasteiger partial charge in [-0.05, 0) is 18.6 Å². The van der Waals surface area contributed by atoms with Crippen LogP contribution in [0.25, 0.3) is 0 Å². The van der Waals surface area contributed by atoms with Crippen molar-refractivity contribution in [3.05, 3.63) is 35.4 Å². The molecule has 1 aromatic carbocycles. The van der Waals surface area contributed by atoms with E-state index in [0.29, 0.717) is 12.2 Å². The number of benzene rings is 1. The number of carbonyl (C=O) groups excluding carboxylic acids is 1. The van der Waals surface area contributed by atoms with Crippen molar-refractivity contribution >= 4 is 37.8 Å². The van der Waals surface area contributed by atoms with Gasteiger partial charge in [-0.25, -0.2) is 4.79 Å². The fourth-order valence-electron chi connectivity index (χ4n) is 1.09. The molecule has 0 aromatic heterocycles. The fourth-order valence-corrected chi connectivity index (χ4v) is 1.41. The second-order valence-electron chi connectivity index (χ2n) is 3.16. The van der Waals surface area contributed by atoms with E-state index in [1.807, 2.05) is 25.1 Å². The Morgan fingerprint density at radius 1 is 1.47 bits per heavy atom. The van der Waals surface area contributed by atoms with E-state index < -0.39 is 0 Å². The van der Waals surface area contributed by atoms with E-state index in [1.165, 1.54) is 0 Å². The quantitative estimate of drug-likeness (QED) is 0.623. The summed E-state index contributed by atoms with van der Waals surface area (Å²) in [5.41, 5.74) is 1.57. The predicted octanol–water partition coefficient (Wildman–Crippen LogP) is 3.31. The first-order valence-electron chi connectivity index (χ1n) is 4.58. The monoisotopic (exact) mass is 334 g/mol. The van der Waals surface area contributed by atoms with Crippen LogP contribution in [0.2, 0.25) is 0 Å². The maximum atomic E-state index is 11.6. The Kier molecular flexibility index (Phi) is 5.32. The molecule has 0 aliphatic rings. The van der Waals surface area contributed by atoms with Crippen molar-refractivity contribution in [3.63, 3.8) is 0 Å². The summed E-state index contributed by atoms with van der Waals surface area (Å²) in [5, 5.41) is 0.758. The summed E-state index contributed by atoms with van der Waals surface area (Å²) in [5.74, 6) is -0.265. The van der Waals surface area contributed by atoms with Gasteiger partial charge >= 0.3 is 5.97 Å². The molecule has 4 heteroatoms. The van der Waals surface area contributed by atoms with Gasteiger partial charge < -0.3 is 4.74 Å². The number of hydrogen-bond donors (Lipinski definition) is 0. The number of rotatable bonds is 4. The first-order valence-corrected chi connectivity index (χ1v) is 6.61. The Morgan fingerprint density at radius 2 is 2.13 bits per heavy atom. The lowest BCUT2D eigenvalue weighted by Gasteiger charge is -2.09. The third kappa shape index (κ3) is 3.95. The van der Waals surface area contributed by atoms with Crippen LogP contribution in [0.1, 0.15) is 15.9 Å². The molecule has 0 saturated carbocycles. The van der Waals surface area contributed by atoms with Crippen molar-refractivity contribution in [3.8, 4) is 0 Å². The molecule has 0 bridgehead atoms. The largest absolute Gasteiger partial charge is 0.461 e. The molecule has 1 rings (SSSR count). The first kappa shape index (κ1) is 12.7. The summed E-state index contributed by atoms with van der Waals surface area (Å²) < 4.78 is 5.15. The van der Waals surface area contributed by atoms with Crippen molar-refractivity contribution in [2.24, 2.45) is 0 Å². The summed E-state index contributed by atoms with van der Waals surface area (Å²) in [7, 11) is 0. The Morgan fingerprint density at radius 3 is 2.73 bits per heavy atom. The smallest absolute Gasteiger partial charge is 0.338 e. The molecule has 2 nitrogen and oxygen atoms in total. The summed E-state index contributed by atoms with van der Waals surface area (Å²) >= 11 is 6.67. The highest BCUT2D eigenvalue weighted by molar-refractivity contribution is 9.12. The molecule has 0 heterocycles. The Bertz CT molecular complexity index is 339. The molecule has 0 fully saturated rings. The van der Waals surface area contributed by atoms with E-state index in [-0.39, 0.29) is 10.8 Å². The molecule has 0 aliphatic carbocycles. The number of esters is 1. The van der Waals surface area contributed by atoms with Crippen LogP contribution in [0.5, 0.6) is 0 Å². The Balaban J connectivity index is 2.58. The highest BCUT2D eigenvalue weighted by atomic mass is 79.9. The SMILES string of the molecule is Cc1ccccc1C(=O)OC[C@@H](Br)CBr. The van der Waals surface area contributed by atoms with Gasteiger partial charge in [0.2, 0.25) is 0 Å². The van der Waals surface area contributed by atoms with Crippen LogP contribution in [-0.2, 0) is 4.74 Å². The summed E-state index contributed by atoms with van der Waals surface area (Å²) in [6.07, 6.45) is 0. The van der Waals surface area contributed by atoms with Crippen molar-refractivity contribution in [1.29, 1.82) is 0 Å². The molecule has 0 aliphatic heterocycles. The third-order valence-electron chi connectivity index (χ3n) is 1.93. The van der Waals surface area contributed by atoms with Crippen LogP contribution < -0.4 is 0 Å². The van der Waals surface area contributed by atoms with Gasteiger partial charge in [0.05, 0.1) is 10.4 Å². The minimum atomic E-state index is -0.265. The summed E-state index contributed by atoms with van der Waals surface area (Å²) in [4.78, 5) is 11.8. The number of alkyl halides is 2. The van der Waals surface area contributed by atoms with Crippen molar-refractivity contribution in [1.82, 2.24) is 0 Å². The van der Waals surface area contributed by atoms with Crippen LogP contribution in [0.4, 0.5) is 0 Å². The van der Waals surface area contributed by atoms with E-state index in [2.05, 4.69) is 31.9 Å². The van der Waals surface area contributed by atoms with Gasteiger partial charge in [-0.3, -0.25) is 0 Å². The molecular formula is C11H12Br2O2. The molecule has 0 N–H and O–H groups in total. The van der Waals surface area contributed by atoms with Gasteiger partial charge in [-0.2, -0.15) is 0 Å². The van der Waals surface area contributed by atoms with Crippen LogP contribution in [0.15, 0.2) is 24.3 Å². The van der Waals surface area contributed by atoms with Gasteiger partial charge in [-0.15, -0.1) is 0 Å². The molecule has 0 amide bonds. The minimum Gasteiger partial charge on any atom is -0.461 e. The van der Waals surface area contributed by atoms with E-state index in [0.717, 1.165) is 10.9 Å². The predicted molar refractivity (Wildman–Crippen MR) is 68.0 cm³/mol. The van der Waals surface area contributed by atoms with Crippen molar-refractivity contribution in [2.75, 3.05) is 11.9 Å². The Hall–Kier alpha value is -0.350. The molecule has 1 aromatic rings. The Labute approximate surface area is 106 Å². The number of carbonyl (C=O) groups is 1. The molecule has 15 heavy (non-hydrogen) atoms. The second-order valence-corrected chi connectivity index (χ2v) is 5.11. The molecule has 1 atom stereocenters. The van der Waals surface area contributed by atoms with E-state index in [9.17, 15) is 4.79 Å². The van der Waals surface area contributed by atoms with Crippen LogP contribution in [0.3, 0.4) is 0 Å². The van der Waals surface area contributed by atoms with Gasteiger partial charge in [0.25, 0.3) is 0 Å². The first-order chi connectivity index (χ1) is 7.15. The second kappa shape index (κ2) is 6.28. The van der Waals surface area contributed by atoms with E-state index >= 15 is 0 Å². The maximum Gasteiger partial charge on any atom is 0.338 e. The number of aryl methyl sites for hydroxylation is 1. The highest BCUT2D eigenvalue weighted by Crippen LogP contribution is 2.10. The lowest BCUT2D eigenvalue weighted by molar-refractivity contribution is 0.0512. The average Bonchev–Trinajstić information content (AvgIpc) is 2.26. The van der Waals surface area contributed by atoms with Crippen molar-refractivity contribution < 1.29 is 9.53 Å². The highest BCUT2D eigenvalue weighted by Gasteiger charge is 2.11. The molecule has 0 saturated heterocycles. The topological polar surface area (TPSA) is 26.3 Å². The number of ether oxygens (including phenoxy) is 1. The lowest BCUT2D eigenvalue weighted by atomic mass is 10.1. The lowest BCUT2D eigenvalue weighted by Crippen LogP contribution is -2.15. The molecular weight excluding hydrogens is 324 g/mol. The van der Waals surface area contributed by atoms with Gasteiger partial charge in [0, 0.05) is 5.33 Å². The maximum absolute atomic E-state index is 11.6. The standard InChI is InChI=1S/C11H12Br2O2/c1-8-4-2-3-5-10(8)11(14)15-7-9(13)6-12/h2-5,9H,6-7H2,1H3/t9-/m0/s1. The zero-order chi connectivity index (χ0) is 11.3. The van der Waals surface area contributed by atoms with Crippen LogP contribution >= 0.6 is 31.9 Å². The van der Waals surface area contributed by atoms with Gasteiger partial charge in [-0.1, -0.05) is 50.1 Å². The summed E-state index contributed by atoms with van der Waals surface area (Å²) in [6.45, 7) is 2.27. The number of halogens is 2. The number of hydrogen-bond acceptors (Lipinski definition) is 2. The van der Waals surface area contributed by atoms with Crippen LogP contribution in [0, 0.1) is 6.92 Å². The molecule has 0 unspecified atom stereocenters. The van der Waals surface area contributed by atoms with Gasteiger partial charge in [0.1, 0.15) is 6.61 Å². The minimum absolute atomic E-state index is 0.158. The average molecular weight is 336 g/mol. The fraction of sp³-hybridized carbons (Fsp3) is 0.364. The zero-order valence-electron chi connectivity index (χ0n) is 8.37. The van der Waals surface area contributed by atoms with Crippen LogP contribution in [-0.4, -0.2) is 22.7 Å². The van der Waals surface area contributed by atoms with E-state index in [1.54, 1.807) is 6.07 Å². The van der Waals surface area contributed by atoms with Crippen molar-refractivity contribution in [2.45, 2.75) is 11.8 Å². The van der Waals surface area contributed by atoms with Gasteiger partial charge in [0.15, 0.2) is 0 Å².